The smallest absolute Gasteiger partial charge is 0.428 e. The lowest BCUT2D eigenvalue weighted by molar-refractivity contribution is -0.253. The van der Waals surface area contributed by atoms with Crippen molar-refractivity contribution in [2.24, 2.45) is 17.8 Å². The van der Waals surface area contributed by atoms with Crippen LogP contribution in [0.25, 0.3) is 0 Å². The van der Waals surface area contributed by atoms with E-state index < -0.39 is 38.5 Å². The van der Waals surface area contributed by atoms with Crippen molar-refractivity contribution in [2.75, 3.05) is 0 Å². The second-order valence-corrected chi connectivity index (χ2v) is 9.79. The van der Waals surface area contributed by atoms with E-state index in [2.05, 4.69) is 6.58 Å². The number of esters is 2. The van der Waals surface area contributed by atoms with Crippen molar-refractivity contribution in [1.82, 2.24) is 0 Å². The van der Waals surface area contributed by atoms with Gasteiger partial charge in [-0.15, -0.1) is 0 Å². The summed E-state index contributed by atoms with van der Waals surface area (Å²) < 4.78 is 70.3. The summed E-state index contributed by atoms with van der Waals surface area (Å²) in [5.74, 6) is -3.18. The summed E-state index contributed by atoms with van der Waals surface area (Å²) in [7, 11) is -6.18. The summed E-state index contributed by atoms with van der Waals surface area (Å²) in [5.41, 5.74) is -1.81. The van der Waals surface area contributed by atoms with Gasteiger partial charge in [-0.05, 0) is 51.4 Å². The van der Waals surface area contributed by atoms with Gasteiger partial charge in [0.15, 0.2) is 10.1 Å². The van der Waals surface area contributed by atoms with Gasteiger partial charge in [0.25, 0.3) is 0 Å². The van der Waals surface area contributed by atoms with Crippen molar-refractivity contribution in [3.05, 3.63) is 12.2 Å². The molecule has 0 saturated heterocycles. The first-order valence-electron chi connectivity index (χ1n) is 9.22. The van der Waals surface area contributed by atoms with Crippen LogP contribution in [0.1, 0.15) is 52.4 Å². The highest BCUT2D eigenvalue weighted by molar-refractivity contribution is 7.87. The number of hydrogen-bond acceptors (Lipinski definition) is 7. The van der Waals surface area contributed by atoms with Crippen LogP contribution in [0.5, 0.6) is 0 Å². The number of halogens is 2. The Bertz CT molecular complexity index is 804. The highest BCUT2D eigenvalue weighted by Crippen LogP contribution is 2.63. The molecule has 4 saturated carbocycles. The number of carbonyl (C=O) groups excluding carboxylic acids is 2. The second kappa shape index (κ2) is 6.48. The largest absolute Gasteiger partial charge is 0.743 e. The first-order chi connectivity index (χ1) is 12.8. The molecule has 4 aliphatic carbocycles. The Morgan fingerprint density at radius 1 is 1.18 bits per heavy atom. The summed E-state index contributed by atoms with van der Waals surface area (Å²) in [6.45, 7) is 7.01. The van der Waals surface area contributed by atoms with Crippen LogP contribution < -0.4 is 0 Å². The SMILES string of the molecule is C=C(C)C(=O)OC1(CC)C2CC3CC1CC(OC(=O)C(F)(F)S(=O)(=O)[O-])(C3)C2. The molecule has 4 bridgehead atoms. The fraction of sp³-hybridized carbons (Fsp3) is 0.778. The first-order valence-corrected chi connectivity index (χ1v) is 10.6. The van der Waals surface area contributed by atoms with Crippen LogP contribution in [0.4, 0.5) is 8.78 Å². The Morgan fingerprint density at radius 3 is 2.14 bits per heavy atom. The minimum atomic E-state index is -6.18. The molecule has 0 heterocycles. The number of ether oxygens (including phenoxy) is 2. The average molecular weight is 421 g/mol. The van der Waals surface area contributed by atoms with Crippen LogP contribution in [-0.4, -0.2) is 41.4 Å². The molecule has 4 fully saturated rings. The van der Waals surface area contributed by atoms with E-state index in [0.717, 1.165) is 0 Å². The molecule has 0 aromatic carbocycles. The molecule has 7 nitrogen and oxygen atoms in total. The standard InChI is InChI=1S/C18H24F2O7S/c1-4-17(26-14(21)10(2)3)12-5-11-6-13(17)9-16(7-11,8-12)27-15(22)18(19,20)28(23,24)25/h11-13H,2,4-9H2,1,3H3,(H,23,24,25)/p-1. The van der Waals surface area contributed by atoms with E-state index in [0.29, 0.717) is 25.7 Å². The third-order valence-corrected chi connectivity index (χ3v) is 7.35. The molecule has 0 amide bonds. The van der Waals surface area contributed by atoms with Crippen molar-refractivity contribution in [2.45, 2.75) is 68.8 Å². The number of carbonyl (C=O) groups is 2. The molecule has 0 radical (unpaired) electrons. The van der Waals surface area contributed by atoms with E-state index in [4.69, 9.17) is 9.47 Å². The zero-order valence-electron chi connectivity index (χ0n) is 15.7. The molecule has 2 atom stereocenters. The molecule has 10 heteroatoms. The minimum absolute atomic E-state index is 0.0889. The van der Waals surface area contributed by atoms with E-state index in [1.807, 2.05) is 6.92 Å². The van der Waals surface area contributed by atoms with Crippen LogP contribution in [0.15, 0.2) is 12.2 Å². The fourth-order valence-electron chi connectivity index (χ4n) is 5.55. The quantitative estimate of drug-likeness (QED) is 0.368. The van der Waals surface area contributed by atoms with Gasteiger partial charge >= 0.3 is 17.2 Å². The molecule has 158 valence electrons. The van der Waals surface area contributed by atoms with Crippen LogP contribution in [0.2, 0.25) is 0 Å². The van der Waals surface area contributed by atoms with Gasteiger partial charge in [-0.1, -0.05) is 13.5 Å². The topological polar surface area (TPSA) is 110 Å². The molecule has 0 aliphatic heterocycles. The summed E-state index contributed by atoms with van der Waals surface area (Å²) in [4.78, 5) is 24.0. The fourth-order valence-corrected chi connectivity index (χ4v) is 5.79. The molecule has 0 N–H and O–H groups in total. The van der Waals surface area contributed by atoms with Crippen molar-refractivity contribution in [3.63, 3.8) is 0 Å². The van der Waals surface area contributed by atoms with Gasteiger partial charge < -0.3 is 14.0 Å². The predicted octanol–water partition coefficient (Wildman–Crippen LogP) is 2.51. The highest BCUT2D eigenvalue weighted by Gasteiger charge is 2.66. The summed E-state index contributed by atoms with van der Waals surface area (Å²) >= 11 is 0. The molecule has 4 aliphatic rings. The van der Waals surface area contributed by atoms with Crippen molar-refractivity contribution < 1.29 is 40.8 Å². The van der Waals surface area contributed by atoms with E-state index in [9.17, 15) is 31.3 Å². The van der Waals surface area contributed by atoms with Gasteiger partial charge in [0.05, 0.1) is 0 Å². The maximum Gasteiger partial charge on any atom is 0.428 e. The Hall–Kier alpha value is -1.55. The molecule has 4 rings (SSSR count). The van der Waals surface area contributed by atoms with E-state index in [1.165, 1.54) is 6.92 Å². The molecule has 0 spiro atoms. The van der Waals surface area contributed by atoms with Crippen molar-refractivity contribution in [1.29, 1.82) is 0 Å². The number of rotatable bonds is 6. The van der Waals surface area contributed by atoms with Gasteiger partial charge in [-0.2, -0.15) is 8.78 Å². The third kappa shape index (κ3) is 3.14. The van der Waals surface area contributed by atoms with Crippen LogP contribution in [0, 0.1) is 17.8 Å². The lowest BCUT2D eigenvalue weighted by Crippen LogP contribution is -2.66. The van der Waals surface area contributed by atoms with Gasteiger partial charge in [0.1, 0.15) is 11.2 Å². The zero-order valence-corrected chi connectivity index (χ0v) is 16.5. The summed E-state index contributed by atoms with van der Waals surface area (Å²) in [6.07, 6.45) is 2.60. The Labute approximate surface area is 162 Å². The molecule has 28 heavy (non-hydrogen) atoms. The number of alkyl halides is 2. The third-order valence-electron chi connectivity index (χ3n) is 6.56. The minimum Gasteiger partial charge on any atom is -0.743 e. The van der Waals surface area contributed by atoms with E-state index in [1.54, 1.807) is 0 Å². The zero-order chi connectivity index (χ0) is 21.1. The molecular formula is C18H23F2O7S-. The average Bonchev–Trinajstić information content (AvgIpc) is 2.55. The Kier molecular flexibility index (Phi) is 4.90. The van der Waals surface area contributed by atoms with Gasteiger partial charge in [-0.25, -0.2) is 18.0 Å². The van der Waals surface area contributed by atoms with Crippen LogP contribution in [0.3, 0.4) is 0 Å². The normalized spacial score (nSPS) is 36.8. The van der Waals surface area contributed by atoms with E-state index >= 15 is 0 Å². The van der Waals surface area contributed by atoms with Crippen LogP contribution in [-0.2, 0) is 29.2 Å². The Balaban J connectivity index is 1.87. The maximum atomic E-state index is 13.6. The monoisotopic (exact) mass is 421 g/mol. The number of hydrogen-bond donors (Lipinski definition) is 0. The second-order valence-electron chi connectivity index (χ2n) is 8.37. The lowest BCUT2D eigenvalue weighted by Gasteiger charge is -2.63. The van der Waals surface area contributed by atoms with Gasteiger partial charge in [0, 0.05) is 17.4 Å². The van der Waals surface area contributed by atoms with Crippen LogP contribution >= 0.6 is 0 Å². The molecule has 0 aromatic heterocycles. The van der Waals surface area contributed by atoms with Gasteiger partial charge in [-0.3, -0.25) is 0 Å². The maximum absolute atomic E-state index is 13.6. The van der Waals surface area contributed by atoms with Crippen molar-refractivity contribution in [3.8, 4) is 0 Å². The predicted molar refractivity (Wildman–Crippen MR) is 91.0 cm³/mol. The summed E-state index contributed by atoms with van der Waals surface area (Å²) in [5, 5.41) is -5.13. The first kappa shape index (κ1) is 21.2. The van der Waals surface area contributed by atoms with Crippen molar-refractivity contribution >= 4 is 22.1 Å². The lowest BCUT2D eigenvalue weighted by atomic mass is 9.47. The summed E-state index contributed by atoms with van der Waals surface area (Å²) in [6, 6.07) is 0. The highest BCUT2D eigenvalue weighted by atomic mass is 32.2. The van der Waals surface area contributed by atoms with E-state index in [-0.39, 0.29) is 36.2 Å². The van der Waals surface area contributed by atoms with Gasteiger partial charge in [0.2, 0.25) is 0 Å². The molecule has 2 unspecified atom stereocenters. The molecule has 0 aromatic rings. The molecular weight excluding hydrogens is 398 g/mol. The Morgan fingerprint density at radius 2 is 1.71 bits per heavy atom.